The number of hydrogen-bond donors (Lipinski definition) is 2. The first-order chi connectivity index (χ1) is 9.97. The van der Waals surface area contributed by atoms with Gasteiger partial charge in [-0.3, -0.25) is 14.5 Å². The van der Waals surface area contributed by atoms with Gasteiger partial charge in [-0.05, 0) is 44.0 Å². The summed E-state index contributed by atoms with van der Waals surface area (Å²) in [6.45, 7) is 2.05. The number of carboxylic acids is 1. The Labute approximate surface area is 122 Å². The fourth-order valence-corrected chi connectivity index (χ4v) is 2.23. The number of amides is 1. The Hall–Kier alpha value is -1.95. The molecule has 1 saturated carbocycles. The van der Waals surface area contributed by atoms with E-state index in [4.69, 9.17) is 5.11 Å². The van der Waals surface area contributed by atoms with Gasteiger partial charge in [-0.15, -0.1) is 0 Å². The van der Waals surface area contributed by atoms with Crippen molar-refractivity contribution >= 4 is 17.6 Å². The van der Waals surface area contributed by atoms with Gasteiger partial charge in [0.25, 0.3) is 0 Å². The number of nitrogens with zero attached hydrogens (tertiary/aromatic N) is 1. The number of carboxylic acid groups (broad SMARTS) is 1. The number of rotatable bonds is 7. The second kappa shape index (κ2) is 6.67. The number of anilines is 1. The van der Waals surface area contributed by atoms with Crippen LogP contribution in [-0.2, 0) is 9.59 Å². The zero-order valence-corrected chi connectivity index (χ0v) is 11.9. The second-order valence-electron chi connectivity index (χ2n) is 5.29. The topological polar surface area (TPSA) is 69.6 Å². The van der Waals surface area contributed by atoms with Gasteiger partial charge in [-0.2, -0.15) is 0 Å². The van der Waals surface area contributed by atoms with E-state index < -0.39 is 12.0 Å². The highest BCUT2D eigenvalue weighted by Gasteiger charge is 2.34. The van der Waals surface area contributed by atoms with Crippen LogP contribution >= 0.6 is 0 Å². The first-order valence-electron chi connectivity index (χ1n) is 7.01. The second-order valence-corrected chi connectivity index (χ2v) is 5.29. The van der Waals surface area contributed by atoms with Gasteiger partial charge in [-0.25, -0.2) is 4.39 Å². The predicted molar refractivity (Wildman–Crippen MR) is 76.5 cm³/mol. The molecular formula is C15H19FN2O3. The van der Waals surface area contributed by atoms with Gasteiger partial charge in [0.1, 0.15) is 11.9 Å². The molecule has 5 nitrogen and oxygen atoms in total. The third-order valence-electron chi connectivity index (χ3n) is 3.60. The first-order valence-corrected chi connectivity index (χ1v) is 7.01. The number of nitrogens with one attached hydrogen (secondary N) is 1. The Morgan fingerprint density at radius 2 is 2.00 bits per heavy atom. The third kappa shape index (κ3) is 4.53. The third-order valence-corrected chi connectivity index (χ3v) is 3.60. The molecule has 0 aromatic heterocycles. The monoisotopic (exact) mass is 294 g/mol. The van der Waals surface area contributed by atoms with Gasteiger partial charge in [0.15, 0.2) is 0 Å². The summed E-state index contributed by atoms with van der Waals surface area (Å²) in [4.78, 5) is 24.8. The number of hydrogen-bond acceptors (Lipinski definition) is 3. The van der Waals surface area contributed by atoms with Crippen LogP contribution in [0, 0.1) is 5.82 Å². The lowest BCUT2D eigenvalue weighted by atomic mass is 10.2. The summed E-state index contributed by atoms with van der Waals surface area (Å²) in [5.41, 5.74) is 0.533. The molecule has 1 atom stereocenters. The Balaban J connectivity index is 1.84. The SMILES string of the molecule is CC(C(=O)O)N(CCC(=O)Nc1ccc(F)cc1)C1CC1. The first kappa shape index (κ1) is 15.4. The van der Waals surface area contributed by atoms with Crippen molar-refractivity contribution in [2.45, 2.75) is 38.3 Å². The van der Waals surface area contributed by atoms with E-state index in [0.717, 1.165) is 12.8 Å². The molecule has 0 aliphatic heterocycles. The zero-order chi connectivity index (χ0) is 15.4. The highest BCUT2D eigenvalue weighted by molar-refractivity contribution is 5.90. The summed E-state index contributed by atoms with van der Waals surface area (Å²) >= 11 is 0. The molecule has 0 saturated heterocycles. The van der Waals surface area contributed by atoms with Gasteiger partial charge in [0.2, 0.25) is 5.91 Å². The molecule has 1 fully saturated rings. The lowest BCUT2D eigenvalue weighted by molar-refractivity contribution is -0.143. The van der Waals surface area contributed by atoms with Gasteiger partial charge < -0.3 is 10.4 Å². The van der Waals surface area contributed by atoms with E-state index in [9.17, 15) is 14.0 Å². The van der Waals surface area contributed by atoms with Crippen LogP contribution in [0.2, 0.25) is 0 Å². The molecule has 114 valence electrons. The van der Waals surface area contributed by atoms with E-state index in [0.29, 0.717) is 12.2 Å². The Bertz CT molecular complexity index is 514. The van der Waals surface area contributed by atoms with Gasteiger partial charge in [0.05, 0.1) is 0 Å². The van der Waals surface area contributed by atoms with Crippen LogP contribution in [0.15, 0.2) is 24.3 Å². The maximum atomic E-state index is 12.8. The van der Waals surface area contributed by atoms with Gasteiger partial charge in [-0.1, -0.05) is 0 Å². The average Bonchev–Trinajstić information content (AvgIpc) is 3.26. The number of carbonyl (C=O) groups is 2. The van der Waals surface area contributed by atoms with E-state index in [1.165, 1.54) is 24.3 Å². The Morgan fingerprint density at radius 1 is 1.38 bits per heavy atom. The standard InChI is InChI=1S/C15H19FN2O3/c1-10(15(20)21)18(13-6-7-13)9-8-14(19)17-12-4-2-11(16)3-5-12/h2-5,10,13H,6-9H2,1H3,(H,17,19)(H,20,21). The molecular weight excluding hydrogens is 275 g/mol. The largest absolute Gasteiger partial charge is 0.480 e. The fraction of sp³-hybridized carbons (Fsp3) is 0.467. The maximum Gasteiger partial charge on any atom is 0.320 e. The molecule has 1 aromatic carbocycles. The molecule has 0 radical (unpaired) electrons. The Kier molecular flexibility index (Phi) is 4.90. The van der Waals surface area contributed by atoms with Crippen molar-refractivity contribution in [3.63, 3.8) is 0 Å². The van der Waals surface area contributed by atoms with E-state index in [2.05, 4.69) is 5.32 Å². The van der Waals surface area contributed by atoms with E-state index in [-0.39, 0.29) is 24.2 Å². The van der Waals surface area contributed by atoms with Crippen molar-refractivity contribution in [1.82, 2.24) is 4.90 Å². The van der Waals surface area contributed by atoms with Crippen LogP contribution < -0.4 is 5.32 Å². The molecule has 0 heterocycles. The fourth-order valence-electron chi connectivity index (χ4n) is 2.23. The molecule has 21 heavy (non-hydrogen) atoms. The van der Waals surface area contributed by atoms with E-state index >= 15 is 0 Å². The summed E-state index contributed by atoms with van der Waals surface area (Å²) in [5.74, 6) is -1.44. The lowest BCUT2D eigenvalue weighted by Crippen LogP contribution is -2.42. The molecule has 0 spiro atoms. The lowest BCUT2D eigenvalue weighted by Gasteiger charge is -2.25. The molecule has 1 aliphatic carbocycles. The normalized spacial score (nSPS) is 15.8. The predicted octanol–water partition coefficient (Wildman–Crippen LogP) is 2.09. The van der Waals surface area contributed by atoms with Crippen LogP contribution in [0.1, 0.15) is 26.2 Å². The van der Waals surface area contributed by atoms with Gasteiger partial charge in [0, 0.05) is 24.7 Å². The molecule has 1 amide bonds. The summed E-state index contributed by atoms with van der Waals surface area (Å²) < 4.78 is 12.8. The summed E-state index contributed by atoms with van der Waals surface area (Å²) in [6, 6.07) is 5.22. The quantitative estimate of drug-likeness (QED) is 0.808. The number of aliphatic carboxylic acids is 1. The Morgan fingerprint density at radius 3 is 2.52 bits per heavy atom. The number of halogens is 1. The molecule has 1 unspecified atom stereocenters. The number of benzene rings is 1. The van der Waals surface area contributed by atoms with Crippen molar-refractivity contribution in [3.8, 4) is 0 Å². The maximum absolute atomic E-state index is 12.8. The number of carbonyl (C=O) groups excluding carboxylic acids is 1. The molecule has 1 aliphatic rings. The van der Waals surface area contributed by atoms with Crippen LogP contribution in [0.25, 0.3) is 0 Å². The van der Waals surface area contributed by atoms with E-state index in [1.807, 2.05) is 4.90 Å². The molecule has 1 aromatic rings. The molecule has 0 bridgehead atoms. The van der Waals surface area contributed by atoms with Crippen LogP contribution in [0.4, 0.5) is 10.1 Å². The molecule has 2 N–H and O–H groups in total. The minimum Gasteiger partial charge on any atom is -0.480 e. The van der Waals surface area contributed by atoms with Crippen molar-refractivity contribution in [2.75, 3.05) is 11.9 Å². The molecule has 6 heteroatoms. The summed E-state index contributed by atoms with van der Waals surface area (Å²) in [7, 11) is 0. The highest BCUT2D eigenvalue weighted by Crippen LogP contribution is 2.28. The minimum absolute atomic E-state index is 0.204. The van der Waals surface area contributed by atoms with Crippen molar-refractivity contribution in [1.29, 1.82) is 0 Å². The summed E-state index contributed by atoms with van der Waals surface area (Å²) in [5, 5.41) is 11.8. The smallest absolute Gasteiger partial charge is 0.320 e. The molecule has 2 rings (SSSR count). The highest BCUT2D eigenvalue weighted by atomic mass is 19.1. The van der Waals surface area contributed by atoms with Crippen LogP contribution in [-0.4, -0.2) is 40.5 Å². The van der Waals surface area contributed by atoms with E-state index in [1.54, 1.807) is 6.92 Å². The van der Waals surface area contributed by atoms with Crippen LogP contribution in [0.5, 0.6) is 0 Å². The van der Waals surface area contributed by atoms with Crippen molar-refractivity contribution in [2.24, 2.45) is 0 Å². The van der Waals surface area contributed by atoms with Crippen LogP contribution in [0.3, 0.4) is 0 Å². The van der Waals surface area contributed by atoms with Gasteiger partial charge >= 0.3 is 5.97 Å². The average molecular weight is 294 g/mol. The zero-order valence-electron chi connectivity index (χ0n) is 11.9. The minimum atomic E-state index is -0.874. The van der Waals surface area contributed by atoms with Crippen molar-refractivity contribution in [3.05, 3.63) is 30.1 Å². The van der Waals surface area contributed by atoms with Crippen molar-refractivity contribution < 1.29 is 19.1 Å². The summed E-state index contributed by atoms with van der Waals surface area (Å²) in [6.07, 6.45) is 2.18.